The third-order valence-corrected chi connectivity index (χ3v) is 4.85. The Morgan fingerprint density at radius 2 is 2.50 bits per heavy atom. The predicted octanol–water partition coefficient (Wildman–Crippen LogP) is 1.80. The molecule has 18 heavy (non-hydrogen) atoms. The second kappa shape index (κ2) is 5.36. The second-order valence-corrected chi connectivity index (χ2v) is 6.02. The Kier molecular flexibility index (Phi) is 4.02. The lowest BCUT2D eigenvalue weighted by Crippen LogP contribution is -2.46. The molecule has 100 valence electrons. The van der Waals surface area contributed by atoms with E-state index >= 15 is 0 Å². The van der Waals surface area contributed by atoms with Crippen LogP contribution in [0.1, 0.15) is 37.4 Å². The molecular formula is C13H21N3OS. The Morgan fingerprint density at radius 1 is 1.72 bits per heavy atom. The van der Waals surface area contributed by atoms with Crippen molar-refractivity contribution in [2.75, 3.05) is 13.1 Å². The molecule has 5 heteroatoms. The highest BCUT2D eigenvalue weighted by molar-refractivity contribution is 7.09. The van der Waals surface area contributed by atoms with Crippen LogP contribution in [0, 0.1) is 12.8 Å². The van der Waals surface area contributed by atoms with Crippen molar-refractivity contribution in [3.05, 3.63) is 16.1 Å². The van der Waals surface area contributed by atoms with Crippen LogP contribution in [0.3, 0.4) is 0 Å². The number of hydrogen-bond donors (Lipinski definition) is 2. The maximum absolute atomic E-state index is 12.2. The molecule has 0 radical (unpaired) electrons. The number of aryl methyl sites for hydroxylation is 1. The Balaban J connectivity index is 2.10. The van der Waals surface area contributed by atoms with E-state index in [2.05, 4.69) is 29.5 Å². The van der Waals surface area contributed by atoms with E-state index in [-0.39, 0.29) is 17.4 Å². The normalized spacial score (nSPS) is 22.7. The minimum absolute atomic E-state index is 0.108. The highest BCUT2D eigenvalue weighted by atomic mass is 32.1. The summed E-state index contributed by atoms with van der Waals surface area (Å²) in [6.45, 7) is 7.87. The summed E-state index contributed by atoms with van der Waals surface area (Å²) in [6, 6.07) is 0. The fourth-order valence-corrected chi connectivity index (χ4v) is 3.14. The Morgan fingerprint density at radius 3 is 3.00 bits per heavy atom. The number of hydrogen-bond acceptors (Lipinski definition) is 4. The lowest BCUT2D eigenvalue weighted by Gasteiger charge is -2.28. The van der Waals surface area contributed by atoms with Gasteiger partial charge < -0.3 is 10.6 Å². The zero-order valence-corrected chi connectivity index (χ0v) is 12.1. The summed E-state index contributed by atoms with van der Waals surface area (Å²) < 4.78 is 0. The lowest BCUT2D eigenvalue weighted by atomic mass is 9.97. The minimum atomic E-state index is -0.335. The third-order valence-electron chi connectivity index (χ3n) is 3.63. The lowest BCUT2D eigenvalue weighted by molar-refractivity contribution is -0.126. The molecule has 0 saturated carbocycles. The maximum atomic E-state index is 12.2. The average Bonchev–Trinajstić information content (AvgIpc) is 2.99. The van der Waals surface area contributed by atoms with E-state index < -0.39 is 0 Å². The third kappa shape index (κ3) is 2.72. The van der Waals surface area contributed by atoms with Gasteiger partial charge in [0, 0.05) is 17.6 Å². The number of rotatable bonds is 4. The summed E-state index contributed by atoms with van der Waals surface area (Å²) in [6.07, 6.45) is 1.79. The zero-order valence-electron chi connectivity index (χ0n) is 11.2. The molecule has 2 N–H and O–H groups in total. The molecule has 2 heterocycles. The van der Waals surface area contributed by atoms with Gasteiger partial charge in [0.25, 0.3) is 0 Å². The molecule has 0 aliphatic carbocycles. The number of carbonyl (C=O) groups is 1. The van der Waals surface area contributed by atoms with Gasteiger partial charge in [0.1, 0.15) is 5.01 Å². The van der Waals surface area contributed by atoms with Crippen LogP contribution in [0.2, 0.25) is 0 Å². The summed E-state index contributed by atoms with van der Waals surface area (Å²) in [5.74, 6) is 0.258. The molecular weight excluding hydrogens is 246 g/mol. The van der Waals surface area contributed by atoms with Crippen molar-refractivity contribution in [1.82, 2.24) is 15.6 Å². The SMILES string of the molecule is CCC(C)(NC(=O)C1CCNC1)c1nc(C)cs1. The first-order valence-corrected chi connectivity index (χ1v) is 7.38. The van der Waals surface area contributed by atoms with Crippen molar-refractivity contribution in [2.45, 2.75) is 39.2 Å². The van der Waals surface area contributed by atoms with Gasteiger partial charge in [-0.05, 0) is 33.2 Å². The van der Waals surface area contributed by atoms with E-state index in [0.717, 1.165) is 36.6 Å². The molecule has 1 amide bonds. The first-order chi connectivity index (χ1) is 8.55. The Hall–Kier alpha value is -0.940. The van der Waals surface area contributed by atoms with E-state index in [1.807, 2.05) is 12.3 Å². The molecule has 0 aromatic carbocycles. The van der Waals surface area contributed by atoms with E-state index in [9.17, 15) is 4.79 Å². The van der Waals surface area contributed by atoms with Crippen LogP contribution < -0.4 is 10.6 Å². The molecule has 1 saturated heterocycles. The van der Waals surface area contributed by atoms with Crippen molar-refractivity contribution in [3.63, 3.8) is 0 Å². The fourth-order valence-electron chi connectivity index (χ4n) is 2.15. The van der Waals surface area contributed by atoms with Crippen molar-refractivity contribution in [1.29, 1.82) is 0 Å². The molecule has 0 spiro atoms. The number of thiazole rings is 1. The molecule has 2 atom stereocenters. The molecule has 0 bridgehead atoms. The molecule has 1 fully saturated rings. The van der Waals surface area contributed by atoms with Crippen molar-refractivity contribution in [2.24, 2.45) is 5.92 Å². The molecule has 1 aromatic rings. The molecule has 1 aliphatic rings. The summed E-state index contributed by atoms with van der Waals surface area (Å²) in [7, 11) is 0. The Bertz CT molecular complexity index is 426. The van der Waals surface area contributed by atoms with E-state index in [1.165, 1.54) is 0 Å². The molecule has 2 unspecified atom stereocenters. The highest BCUT2D eigenvalue weighted by Gasteiger charge is 2.33. The largest absolute Gasteiger partial charge is 0.344 e. The summed E-state index contributed by atoms with van der Waals surface area (Å²) in [5, 5.41) is 9.45. The number of nitrogens with zero attached hydrogens (tertiary/aromatic N) is 1. The highest BCUT2D eigenvalue weighted by Crippen LogP contribution is 2.28. The second-order valence-electron chi connectivity index (χ2n) is 5.16. The summed E-state index contributed by atoms with van der Waals surface area (Å²) >= 11 is 1.62. The van der Waals surface area contributed by atoms with Gasteiger partial charge >= 0.3 is 0 Å². The molecule has 1 aliphatic heterocycles. The number of carbonyl (C=O) groups excluding carboxylic acids is 1. The van der Waals surface area contributed by atoms with Gasteiger partial charge in [-0.15, -0.1) is 11.3 Å². The first-order valence-electron chi connectivity index (χ1n) is 6.50. The van der Waals surface area contributed by atoms with Gasteiger partial charge in [0.2, 0.25) is 5.91 Å². The minimum Gasteiger partial charge on any atom is -0.344 e. The quantitative estimate of drug-likeness (QED) is 0.874. The van der Waals surface area contributed by atoms with E-state index in [0.29, 0.717) is 0 Å². The van der Waals surface area contributed by atoms with Gasteiger partial charge in [-0.2, -0.15) is 0 Å². The first kappa shape index (κ1) is 13.5. The molecule has 1 aromatic heterocycles. The van der Waals surface area contributed by atoms with Crippen LogP contribution >= 0.6 is 11.3 Å². The van der Waals surface area contributed by atoms with Gasteiger partial charge in [-0.25, -0.2) is 4.98 Å². The van der Waals surface area contributed by atoms with Crippen LogP contribution in [0.15, 0.2) is 5.38 Å². The van der Waals surface area contributed by atoms with Gasteiger partial charge in [-0.1, -0.05) is 6.92 Å². The van der Waals surface area contributed by atoms with Crippen molar-refractivity contribution >= 4 is 17.2 Å². The van der Waals surface area contributed by atoms with E-state index in [4.69, 9.17) is 0 Å². The fraction of sp³-hybridized carbons (Fsp3) is 0.692. The van der Waals surface area contributed by atoms with Crippen molar-refractivity contribution in [3.8, 4) is 0 Å². The van der Waals surface area contributed by atoms with Crippen LogP contribution in [0.4, 0.5) is 0 Å². The van der Waals surface area contributed by atoms with E-state index in [1.54, 1.807) is 11.3 Å². The number of nitrogens with one attached hydrogen (secondary N) is 2. The Labute approximate surface area is 112 Å². The number of aromatic nitrogens is 1. The van der Waals surface area contributed by atoms with Gasteiger partial charge in [-0.3, -0.25) is 4.79 Å². The monoisotopic (exact) mass is 267 g/mol. The predicted molar refractivity (Wildman–Crippen MR) is 73.6 cm³/mol. The summed E-state index contributed by atoms with van der Waals surface area (Å²) in [4.78, 5) is 16.7. The zero-order chi connectivity index (χ0) is 13.2. The van der Waals surface area contributed by atoms with Crippen LogP contribution in [0.25, 0.3) is 0 Å². The number of amides is 1. The maximum Gasteiger partial charge on any atom is 0.225 e. The average molecular weight is 267 g/mol. The van der Waals surface area contributed by atoms with Gasteiger partial charge in [0.15, 0.2) is 0 Å². The van der Waals surface area contributed by atoms with Crippen LogP contribution in [-0.4, -0.2) is 24.0 Å². The standard InChI is InChI=1S/C13H21N3OS/c1-4-13(3,12-15-9(2)8-18-12)16-11(17)10-5-6-14-7-10/h8,10,14H,4-7H2,1-3H3,(H,16,17). The molecule has 4 nitrogen and oxygen atoms in total. The topological polar surface area (TPSA) is 54.0 Å². The van der Waals surface area contributed by atoms with Crippen LogP contribution in [-0.2, 0) is 10.3 Å². The molecule has 2 rings (SSSR count). The van der Waals surface area contributed by atoms with Gasteiger partial charge in [0.05, 0.1) is 11.5 Å². The summed E-state index contributed by atoms with van der Waals surface area (Å²) in [5.41, 5.74) is 0.685. The smallest absolute Gasteiger partial charge is 0.225 e. The van der Waals surface area contributed by atoms with Crippen LogP contribution in [0.5, 0.6) is 0 Å². The van der Waals surface area contributed by atoms with Crippen molar-refractivity contribution < 1.29 is 4.79 Å².